The minimum Gasteiger partial charge on any atom is -0.347 e. The molecule has 2 fully saturated rings. The van der Waals surface area contributed by atoms with Crippen LogP contribution in [0.15, 0.2) is 53.4 Å². The fourth-order valence-electron chi connectivity index (χ4n) is 3.56. The van der Waals surface area contributed by atoms with Crippen LogP contribution in [0, 0.1) is 0 Å². The van der Waals surface area contributed by atoms with Crippen molar-refractivity contribution in [3.63, 3.8) is 0 Å². The standard InChI is InChI=1S/C20H21ClN2O5S/c21-16-4-6-18(7-5-16)29(25,26)22-17-3-1-2-15(14-17)19(24)23-10-8-20(9-11-23)27-12-13-28-20/h1-7,14,22H,8-13H2. The van der Waals surface area contributed by atoms with Gasteiger partial charge in [0.05, 0.1) is 18.1 Å². The number of anilines is 1. The molecule has 1 spiro atoms. The molecule has 4 rings (SSSR count). The number of benzene rings is 2. The number of rotatable bonds is 4. The first kappa shape index (κ1) is 20.2. The van der Waals surface area contributed by atoms with Crippen molar-refractivity contribution in [3.05, 3.63) is 59.1 Å². The smallest absolute Gasteiger partial charge is 0.261 e. The van der Waals surface area contributed by atoms with Crippen molar-refractivity contribution in [2.75, 3.05) is 31.0 Å². The number of carbonyl (C=O) groups is 1. The first-order chi connectivity index (χ1) is 13.9. The first-order valence-corrected chi connectivity index (χ1v) is 11.2. The highest BCUT2D eigenvalue weighted by atomic mass is 35.5. The van der Waals surface area contributed by atoms with E-state index in [1.807, 2.05) is 0 Å². The molecule has 0 unspecified atom stereocenters. The van der Waals surface area contributed by atoms with E-state index in [0.29, 0.717) is 55.4 Å². The van der Waals surface area contributed by atoms with Gasteiger partial charge in [0.2, 0.25) is 0 Å². The fraction of sp³-hybridized carbons (Fsp3) is 0.350. The first-order valence-electron chi connectivity index (χ1n) is 9.33. The van der Waals surface area contributed by atoms with E-state index in [0.717, 1.165) is 0 Å². The molecule has 2 aliphatic rings. The molecule has 2 aromatic carbocycles. The number of carbonyl (C=O) groups excluding carboxylic acids is 1. The molecule has 1 N–H and O–H groups in total. The average Bonchev–Trinajstić information content (AvgIpc) is 3.16. The number of hydrogen-bond acceptors (Lipinski definition) is 5. The molecular weight excluding hydrogens is 416 g/mol. The van der Waals surface area contributed by atoms with E-state index in [1.54, 1.807) is 29.2 Å². The van der Waals surface area contributed by atoms with Gasteiger partial charge >= 0.3 is 0 Å². The summed E-state index contributed by atoms with van der Waals surface area (Å²) in [4.78, 5) is 14.7. The number of nitrogens with one attached hydrogen (secondary N) is 1. The normalized spacial score (nSPS) is 18.7. The van der Waals surface area contributed by atoms with Gasteiger partial charge in [0, 0.05) is 42.2 Å². The van der Waals surface area contributed by atoms with E-state index < -0.39 is 15.8 Å². The maximum Gasteiger partial charge on any atom is 0.261 e. The molecule has 1 amide bonds. The second-order valence-electron chi connectivity index (χ2n) is 7.04. The van der Waals surface area contributed by atoms with Crippen molar-refractivity contribution in [1.29, 1.82) is 0 Å². The highest BCUT2D eigenvalue weighted by molar-refractivity contribution is 7.92. The van der Waals surface area contributed by atoms with E-state index in [4.69, 9.17) is 21.1 Å². The number of hydrogen-bond donors (Lipinski definition) is 1. The van der Waals surface area contributed by atoms with Gasteiger partial charge in [0.15, 0.2) is 5.79 Å². The molecule has 0 aliphatic carbocycles. The Labute approximate surface area is 174 Å². The summed E-state index contributed by atoms with van der Waals surface area (Å²) in [6.45, 7) is 2.23. The molecule has 0 saturated carbocycles. The predicted octanol–water partition coefficient (Wildman–Crippen LogP) is 3.12. The van der Waals surface area contributed by atoms with E-state index in [-0.39, 0.29) is 10.8 Å². The molecule has 2 heterocycles. The highest BCUT2D eigenvalue weighted by Crippen LogP contribution is 2.32. The van der Waals surface area contributed by atoms with Crippen molar-refractivity contribution in [2.24, 2.45) is 0 Å². The lowest BCUT2D eigenvalue weighted by molar-refractivity contribution is -0.181. The zero-order chi connectivity index (χ0) is 20.5. The molecule has 9 heteroatoms. The van der Waals surface area contributed by atoms with Crippen molar-refractivity contribution in [1.82, 2.24) is 4.90 Å². The molecule has 0 bridgehead atoms. The van der Waals surface area contributed by atoms with Gasteiger partial charge in [-0.15, -0.1) is 0 Å². The van der Waals surface area contributed by atoms with Gasteiger partial charge in [-0.05, 0) is 42.5 Å². The molecule has 7 nitrogen and oxygen atoms in total. The Bertz CT molecular complexity index is 994. The molecule has 2 aliphatic heterocycles. The topological polar surface area (TPSA) is 84.9 Å². The Morgan fingerprint density at radius 2 is 1.69 bits per heavy atom. The largest absolute Gasteiger partial charge is 0.347 e. The lowest BCUT2D eigenvalue weighted by Gasteiger charge is -2.37. The Balaban J connectivity index is 1.46. The van der Waals surface area contributed by atoms with Crippen LogP contribution in [0.3, 0.4) is 0 Å². The number of likely N-dealkylation sites (tertiary alicyclic amines) is 1. The molecular formula is C20H21ClN2O5S. The average molecular weight is 437 g/mol. The molecule has 0 aromatic heterocycles. The van der Waals surface area contributed by atoms with Gasteiger partial charge in [-0.25, -0.2) is 8.42 Å². The van der Waals surface area contributed by atoms with Crippen molar-refractivity contribution in [2.45, 2.75) is 23.5 Å². The zero-order valence-corrected chi connectivity index (χ0v) is 17.2. The van der Waals surface area contributed by atoms with Gasteiger partial charge < -0.3 is 14.4 Å². The summed E-state index contributed by atoms with van der Waals surface area (Å²) >= 11 is 5.82. The monoisotopic (exact) mass is 436 g/mol. The third-order valence-corrected chi connectivity index (χ3v) is 6.76. The molecule has 29 heavy (non-hydrogen) atoms. The third-order valence-electron chi connectivity index (χ3n) is 5.11. The number of halogens is 1. The molecule has 154 valence electrons. The van der Waals surface area contributed by atoms with Crippen LogP contribution in [0.5, 0.6) is 0 Å². The number of nitrogens with zero attached hydrogens (tertiary/aromatic N) is 1. The van der Waals surface area contributed by atoms with E-state index >= 15 is 0 Å². The Kier molecular flexibility index (Phi) is 5.52. The maximum atomic E-state index is 12.9. The summed E-state index contributed by atoms with van der Waals surface area (Å²) in [5, 5.41) is 0.452. The SMILES string of the molecule is O=C(c1cccc(NS(=O)(=O)c2ccc(Cl)cc2)c1)N1CCC2(CC1)OCCO2. The highest BCUT2D eigenvalue weighted by Gasteiger charge is 2.40. The number of sulfonamides is 1. The number of piperidine rings is 1. The van der Waals surface area contributed by atoms with Gasteiger partial charge in [-0.2, -0.15) is 0 Å². The van der Waals surface area contributed by atoms with Gasteiger partial charge in [0.25, 0.3) is 15.9 Å². The molecule has 0 radical (unpaired) electrons. The van der Waals surface area contributed by atoms with Crippen LogP contribution >= 0.6 is 11.6 Å². The number of amides is 1. The van der Waals surface area contributed by atoms with Crippen LogP contribution in [0.2, 0.25) is 5.02 Å². The fourth-order valence-corrected chi connectivity index (χ4v) is 4.74. The van der Waals surface area contributed by atoms with Crippen molar-refractivity contribution < 1.29 is 22.7 Å². The Morgan fingerprint density at radius 3 is 2.34 bits per heavy atom. The van der Waals surface area contributed by atoms with Gasteiger partial charge in [0.1, 0.15) is 0 Å². The van der Waals surface area contributed by atoms with Crippen LogP contribution in [0.25, 0.3) is 0 Å². The summed E-state index contributed by atoms with van der Waals surface area (Å²) in [7, 11) is -3.78. The lowest BCUT2D eigenvalue weighted by atomic mass is 10.0. The summed E-state index contributed by atoms with van der Waals surface area (Å²) in [5.41, 5.74) is 0.743. The summed E-state index contributed by atoms with van der Waals surface area (Å²) < 4.78 is 39.0. The molecule has 2 aromatic rings. The minimum atomic E-state index is -3.78. The Hall–Kier alpha value is -2.13. The summed E-state index contributed by atoms with van der Waals surface area (Å²) in [5.74, 6) is -0.697. The maximum absolute atomic E-state index is 12.9. The molecule has 0 atom stereocenters. The van der Waals surface area contributed by atoms with Gasteiger partial charge in [-0.3, -0.25) is 9.52 Å². The van der Waals surface area contributed by atoms with Crippen LogP contribution < -0.4 is 4.72 Å². The Morgan fingerprint density at radius 1 is 1.03 bits per heavy atom. The van der Waals surface area contributed by atoms with Crippen LogP contribution in [-0.2, 0) is 19.5 Å². The minimum absolute atomic E-state index is 0.0940. The van der Waals surface area contributed by atoms with Crippen LogP contribution in [-0.4, -0.2) is 51.3 Å². The lowest BCUT2D eigenvalue weighted by Crippen LogP contribution is -2.47. The summed E-state index contributed by atoms with van der Waals surface area (Å²) in [6, 6.07) is 12.4. The van der Waals surface area contributed by atoms with Crippen molar-refractivity contribution in [3.8, 4) is 0 Å². The molecule has 2 saturated heterocycles. The van der Waals surface area contributed by atoms with Crippen LogP contribution in [0.4, 0.5) is 5.69 Å². The second kappa shape index (κ2) is 7.95. The quantitative estimate of drug-likeness (QED) is 0.795. The zero-order valence-electron chi connectivity index (χ0n) is 15.6. The van der Waals surface area contributed by atoms with E-state index in [1.165, 1.54) is 24.3 Å². The van der Waals surface area contributed by atoms with E-state index in [2.05, 4.69) is 4.72 Å². The predicted molar refractivity (Wildman–Crippen MR) is 108 cm³/mol. The second-order valence-corrected chi connectivity index (χ2v) is 9.16. The van der Waals surface area contributed by atoms with Gasteiger partial charge in [-0.1, -0.05) is 17.7 Å². The van der Waals surface area contributed by atoms with Crippen molar-refractivity contribution >= 4 is 33.2 Å². The summed E-state index contributed by atoms with van der Waals surface area (Å²) in [6.07, 6.45) is 1.25. The van der Waals surface area contributed by atoms with E-state index in [9.17, 15) is 13.2 Å². The van der Waals surface area contributed by atoms with Crippen LogP contribution in [0.1, 0.15) is 23.2 Å². The third kappa shape index (κ3) is 4.40. The number of ether oxygens (including phenoxy) is 2.